The molecule has 0 aliphatic carbocycles. The van der Waals surface area contributed by atoms with Crippen LogP contribution in [0.5, 0.6) is 5.75 Å². The van der Waals surface area contributed by atoms with Gasteiger partial charge in [-0.25, -0.2) is 14.5 Å². The number of carbonyl (C=O) groups is 5. The molecule has 0 saturated carbocycles. The molecule has 0 bridgehead atoms. The third kappa shape index (κ3) is 9.15. The molecule has 5 aromatic rings. The van der Waals surface area contributed by atoms with Gasteiger partial charge in [0.25, 0.3) is 5.69 Å². The van der Waals surface area contributed by atoms with Crippen molar-refractivity contribution in [2.75, 3.05) is 37.7 Å². The van der Waals surface area contributed by atoms with Crippen molar-refractivity contribution >= 4 is 41.3 Å². The van der Waals surface area contributed by atoms with Crippen LogP contribution in [0.15, 0.2) is 127 Å². The lowest BCUT2D eigenvalue weighted by atomic mass is 9.64. The van der Waals surface area contributed by atoms with E-state index in [0.717, 1.165) is 24.2 Å². The Labute approximate surface area is 409 Å². The molecule has 0 aromatic heterocycles. The summed E-state index contributed by atoms with van der Waals surface area (Å²) in [6.45, 7) is -0.297. The summed E-state index contributed by atoms with van der Waals surface area (Å²) in [4.78, 5) is 90.5. The number of carbonyl (C=O) groups excluding carboxylic acids is 5. The number of rotatable bonds is 11. The van der Waals surface area contributed by atoms with E-state index in [9.17, 15) is 24.8 Å². The second kappa shape index (κ2) is 20.9. The van der Waals surface area contributed by atoms with Gasteiger partial charge in [0.2, 0.25) is 11.8 Å². The Morgan fingerprint density at radius 2 is 1.51 bits per heavy atom. The van der Waals surface area contributed by atoms with Crippen molar-refractivity contribution in [3.63, 3.8) is 0 Å². The van der Waals surface area contributed by atoms with Gasteiger partial charge in [0.1, 0.15) is 36.5 Å². The molecule has 4 heterocycles. The molecule has 0 unspecified atom stereocenters. The highest BCUT2D eigenvalue weighted by Gasteiger charge is 2.76. The van der Waals surface area contributed by atoms with Crippen LogP contribution in [-0.4, -0.2) is 88.6 Å². The molecular weight excluding hydrogens is 909 g/mol. The highest BCUT2D eigenvalue weighted by molar-refractivity contribution is 6.23. The Hall–Kier alpha value is -8.07. The average Bonchev–Trinajstić information content (AvgIpc) is 3.82. The number of amides is 5. The Bertz CT molecular complexity index is 2880. The summed E-state index contributed by atoms with van der Waals surface area (Å²) in [6.07, 6.45) is 2.01. The number of nitrogens with one attached hydrogen (secondary N) is 1. The number of morpholine rings is 1. The maximum atomic E-state index is 16.7. The fourth-order valence-corrected chi connectivity index (χ4v) is 10.8. The molecule has 4 N–H and O–H groups in total. The number of cyclic esters (lactones) is 1. The first kappa shape index (κ1) is 48.0. The van der Waals surface area contributed by atoms with Crippen LogP contribution < -0.4 is 20.7 Å². The summed E-state index contributed by atoms with van der Waals surface area (Å²) in [5, 5.41) is 24.0. The average molecular weight is 961 g/mol. The topological polar surface area (TPSA) is 224 Å². The van der Waals surface area contributed by atoms with Crippen molar-refractivity contribution in [2.45, 2.75) is 68.4 Å². The molecule has 9 rings (SSSR count). The molecule has 17 heteroatoms. The Morgan fingerprint density at radius 3 is 2.18 bits per heavy atom. The van der Waals surface area contributed by atoms with Gasteiger partial charge in [0, 0.05) is 36.3 Å². The lowest BCUT2D eigenvalue weighted by Crippen LogP contribution is -2.56. The number of nitro benzene ring substituents is 1. The second-order valence-corrected chi connectivity index (χ2v) is 17.8. The highest BCUT2D eigenvalue weighted by atomic mass is 16.6. The number of nitrogens with zero attached hydrogens (tertiary/aromatic N) is 4. The van der Waals surface area contributed by atoms with Crippen LogP contribution in [0.2, 0.25) is 0 Å². The van der Waals surface area contributed by atoms with Crippen LogP contribution >= 0.6 is 0 Å². The number of anilines is 1. The molecule has 0 radical (unpaired) electrons. The number of aliphatic hydroxyl groups excluding tert-OH is 1. The van der Waals surface area contributed by atoms with Gasteiger partial charge >= 0.3 is 18.1 Å². The normalized spacial score (nSPS) is 22.7. The monoisotopic (exact) mass is 960 g/mol. The minimum atomic E-state index is -2.15. The predicted molar refractivity (Wildman–Crippen MR) is 258 cm³/mol. The number of likely N-dealkylation sites (tertiary alicyclic amines) is 1. The number of aliphatic hydroxyl groups is 1. The largest absolute Gasteiger partial charge is 0.491 e. The van der Waals surface area contributed by atoms with Crippen molar-refractivity contribution in [1.29, 1.82) is 0 Å². The van der Waals surface area contributed by atoms with Crippen LogP contribution in [0.4, 0.5) is 21.0 Å². The molecular formula is C54H52N6O11. The molecule has 71 heavy (non-hydrogen) atoms. The third-order valence-corrected chi connectivity index (χ3v) is 13.7. The quantitative estimate of drug-likeness (QED) is 0.0539. The van der Waals surface area contributed by atoms with Crippen LogP contribution in [0.1, 0.15) is 83.7 Å². The van der Waals surface area contributed by atoms with Gasteiger partial charge in [-0.1, -0.05) is 110 Å². The van der Waals surface area contributed by atoms with Crippen molar-refractivity contribution < 1.29 is 48.2 Å². The number of urea groups is 1. The second-order valence-electron chi connectivity index (χ2n) is 17.8. The standard InChI is InChI=1S/C54H52N6O11/c55-52(65)56-28-14-15-35-24-27-42-41(33-35)54(51(64)58(42)53(66)70-34-36-22-25-39(26-23-36)60(67)68)44(49(62)57-29-12-2-1-3-13-30-57)46-50(63)71-47(38-18-8-5-9-19-38)45(37-16-6-4-7-17-37)59(46)48(54)40-20-10-11-21-43(40)69-32-31-61/h4-11,16-27,33,44-48,61H,1-3,12-13,28-32,34H2,(H3,55,56,65)/t44-,45-,46-,47+,48+,54-/m0/s1. The summed E-state index contributed by atoms with van der Waals surface area (Å²) in [5.74, 6) is 2.53. The molecule has 364 valence electrons. The van der Waals surface area contributed by atoms with Crippen molar-refractivity contribution in [2.24, 2.45) is 11.7 Å². The molecule has 3 fully saturated rings. The lowest BCUT2D eigenvalue weighted by Gasteiger charge is -2.46. The van der Waals surface area contributed by atoms with Crippen LogP contribution in [-0.2, 0) is 35.9 Å². The van der Waals surface area contributed by atoms with Crippen molar-refractivity contribution in [3.05, 3.63) is 171 Å². The van der Waals surface area contributed by atoms with Crippen LogP contribution in [0.25, 0.3) is 0 Å². The van der Waals surface area contributed by atoms with Crippen molar-refractivity contribution in [3.8, 4) is 17.6 Å². The number of non-ortho nitro benzene ring substituents is 1. The number of hydrogen-bond donors (Lipinski definition) is 3. The Kier molecular flexibility index (Phi) is 14.1. The fraction of sp³-hybridized carbons (Fsp3) is 0.315. The summed E-state index contributed by atoms with van der Waals surface area (Å²) in [6, 6.07) is 31.4. The smallest absolute Gasteiger partial charge is 0.421 e. The van der Waals surface area contributed by atoms with Gasteiger partial charge in [-0.3, -0.25) is 29.4 Å². The minimum Gasteiger partial charge on any atom is -0.491 e. The number of hydrogen-bond acceptors (Lipinski definition) is 12. The van der Waals surface area contributed by atoms with Gasteiger partial charge in [0.05, 0.1) is 41.8 Å². The number of fused-ring (bicyclic) bond motifs is 3. The van der Waals surface area contributed by atoms with E-state index >= 15 is 14.4 Å². The number of imide groups is 1. The Morgan fingerprint density at radius 1 is 0.845 bits per heavy atom. The predicted octanol–water partition coefficient (Wildman–Crippen LogP) is 6.78. The molecule has 1 spiro atoms. The number of benzene rings is 5. The molecule has 6 atom stereocenters. The SMILES string of the molecule is NC(=O)NCC#Cc1ccc2c(c1)[C@]1(C(=O)N2C(=O)OCc2ccc([N+](=O)[O-])cc2)[C@H](C(=O)N2CCCCCCC2)[C@H]2C(=O)O[C@H](c3ccccc3)[C@H](c3ccccc3)N2[C@@H]1c1ccccc1OCCO. The Balaban J connectivity index is 1.33. The summed E-state index contributed by atoms with van der Waals surface area (Å²) in [7, 11) is 0. The van der Waals surface area contributed by atoms with Crippen molar-refractivity contribution in [1.82, 2.24) is 15.1 Å². The van der Waals surface area contributed by atoms with E-state index in [4.69, 9.17) is 19.9 Å². The number of nitro groups is 1. The third-order valence-electron chi connectivity index (χ3n) is 13.7. The highest BCUT2D eigenvalue weighted by Crippen LogP contribution is 2.67. The molecule has 5 amide bonds. The zero-order valence-electron chi connectivity index (χ0n) is 38.7. The number of primary amides is 1. The molecule has 4 aliphatic heterocycles. The van der Waals surface area contributed by atoms with E-state index in [-0.39, 0.29) is 49.1 Å². The number of para-hydroxylation sites is 1. The maximum Gasteiger partial charge on any atom is 0.421 e. The minimum absolute atomic E-state index is 0.0674. The summed E-state index contributed by atoms with van der Waals surface area (Å²) >= 11 is 0. The van der Waals surface area contributed by atoms with E-state index in [1.807, 2.05) is 65.6 Å². The van der Waals surface area contributed by atoms with E-state index in [1.165, 1.54) is 24.3 Å². The van der Waals surface area contributed by atoms with E-state index in [0.29, 0.717) is 53.7 Å². The van der Waals surface area contributed by atoms with Gasteiger partial charge < -0.3 is 35.3 Å². The summed E-state index contributed by atoms with van der Waals surface area (Å²) < 4.78 is 18.8. The number of esters is 1. The maximum absolute atomic E-state index is 16.7. The molecule has 4 aliphatic rings. The molecule has 3 saturated heterocycles. The van der Waals surface area contributed by atoms with Gasteiger partial charge in [-0.2, -0.15) is 0 Å². The van der Waals surface area contributed by atoms with E-state index in [2.05, 4.69) is 17.2 Å². The zero-order chi connectivity index (χ0) is 49.6. The lowest BCUT2D eigenvalue weighted by molar-refractivity contribution is -0.384. The van der Waals surface area contributed by atoms with E-state index < -0.39 is 70.4 Å². The van der Waals surface area contributed by atoms with E-state index in [1.54, 1.807) is 47.4 Å². The first-order valence-electron chi connectivity index (χ1n) is 23.6. The van der Waals surface area contributed by atoms with Gasteiger partial charge in [-0.05, 0) is 71.5 Å². The first-order valence-corrected chi connectivity index (χ1v) is 23.6. The molecule has 5 aromatic carbocycles. The first-order chi connectivity index (χ1) is 34.5. The number of nitrogens with two attached hydrogens (primary N) is 1. The fourth-order valence-electron chi connectivity index (χ4n) is 10.8. The summed E-state index contributed by atoms with van der Waals surface area (Å²) in [5.41, 5.74) is 5.78. The van der Waals surface area contributed by atoms with Gasteiger partial charge in [-0.15, -0.1) is 0 Å². The molecule has 17 nitrogen and oxygen atoms in total. The zero-order valence-corrected chi connectivity index (χ0v) is 38.7. The van der Waals surface area contributed by atoms with Crippen LogP contribution in [0.3, 0.4) is 0 Å². The van der Waals surface area contributed by atoms with Crippen LogP contribution in [0, 0.1) is 27.9 Å². The van der Waals surface area contributed by atoms with Gasteiger partial charge in [0.15, 0.2) is 0 Å². The number of ether oxygens (including phenoxy) is 3.